The lowest BCUT2D eigenvalue weighted by molar-refractivity contribution is -0.123. The lowest BCUT2D eigenvalue weighted by atomic mass is 9.89. The van der Waals surface area contributed by atoms with Crippen LogP contribution in [0.2, 0.25) is 0 Å². The average molecular weight is 212 g/mol. The van der Waals surface area contributed by atoms with Gasteiger partial charge in [0.1, 0.15) is 0 Å². The Labute approximate surface area is 92.8 Å². The molecule has 1 rings (SSSR count). The number of carbonyl (C=O) groups is 1. The number of nitrogens with one attached hydrogen (secondary N) is 1. The molecule has 1 aliphatic rings. The van der Waals surface area contributed by atoms with Gasteiger partial charge in [0, 0.05) is 6.54 Å². The first-order chi connectivity index (χ1) is 7.11. The van der Waals surface area contributed by atoms with Gasteiger partial charge >= 0.3 is 0 Å². The zero-order valence-corrected chi connectivity index (χ0v) is 9.96. The highest BCUT2D eigenvalue weighted by Gasteiger charge is 2.19. The van der Waals surface area contributed by atoms with Crippen LogP contribution in [0.1, 0.15) is 46.0 Å². The maximum atomic E-state index is 11.6. The summed E-state index contributed by atoms with van der Waals surface area (Å²) >= 11 is 0. The smallest absolute Gasteiger partial charge is 0.237 e. The maximum Gasteiger partial charge on any atom is 0.237 e. The zero-order valence-electron chi connectivity index (χ0n) is 9.96. The first kappa shape index (κ1) is 12.5. The second-order valence-electron chi connectivity index (χ2n) is 5.02. The van der Waals surface area contributed by atoms with Crippen LogP contribution in [0, 0.1) is 11.8 Å². The van der Waals surface area contributed by atoms with E-state index in [0.717, 1.165) is 6.54 Å². The predicted octanol–water partition coefficient (Wildman–Crippen LogP) is 1.67. The predicted molar refractivity (Wildman–Crippen MR) is 62.4 cm³/mol. The van der Waals surface area contributed by atoms with Crippen molar-refractivity contribution in [3.8, 4) is 0 Å². The highest BCUT2D eigenvalue weighted by molar-refractivity contribution is 5.81. The van der Waals surface area contributed by atoms with Crippen LogP contribution in [0.5, 0.6) is 0 Å². The fourth-order valence-corrected chi connectivity index (χ4v) is 2.06. The van der Waals surface area contributed by atoms with Gasteiger partial charge in [-0.1, -0.05) is 33.1 Å². The number of rotatable bonds is 4. The quantitative estimate of drug-likeness (QED) is 0.744. The van der Waals surface area contributed by atoms with E-state index in [9.17, 15) is 4.79 Å². The lowest BCUT2D eigenvalue weighted by Gasteiger charge is -2.23. The van der Waals surface area contributed by atoms with Crippen molar-refractivity contribution >= 4 is 5.91 Å². The molecule has 1 amide bonds. The summed E-state index contributed by atoms with van der Waals surface area (Å²) < 4.78 is 0. The summed E-state index contributed by atoms with van der Waals surface area (Å²) in [5, 5.41) is 2.97. The minimum Gasteiger partial charge on any atom is -0.354 e. The molecule has 0 aliphatic heterocycles. The van der Waals surface area contributed by atoms with E-state index in [1.165, 1.54) is 32.1 Å². The van der Waals surface area contributed by atoms with E-state index in [1.54, 1.807) is 0 Å². The molecule has 0 aromatic rings. The maximum absolute atomic E-state index is 11.6. The molecule has 1 unspecified atom stereocenters. The Bertz CT molecular complexity index is 198. The first-order valence-corrected chi connectivity index (χ1v) is 6.14. The van der Waals surface area contributed by atoms with Gasteiger partial charge in [0.25, 0.3) is 0 Å². The second-order valence-corrected chi connectivity index (χ2v) is 5.02. The molecule has 1 saturated carbocycles. The summed E-state index contributed by atoms with van der Waals surface area (Å²) in [6.45, 7) is 4.77. The summed E-state index contributed by atoms with van der Waals surface area (Å²) in [7, 11) is 0. The molecule has 1 aliphatic carbocycles. The van der Waals surface area contributed by atoms with Crippen LogP contribution in [0.3, 0.4) is 0 Å². The molecule has 0 radical (unpaired) electrons. The van der Waals surface area contributed by atoms with Crippen molar-refractivity contribution < 1.29 is 4.79 Å². The molecule has 0 spiro atoms. The Kier molecular flexibility index (Phi) is 5.09. The van der Waals surface area contributed by atoms with E-state index < -0.39 is 0 Å². The van der Waals surface area contributed by atoms with Crippen LogP contribution in [-0.4, -0.2) is 18.5 Å². The Hall–Kier alpha value is -0.570. The summed E-state index contributed by atoms with van der Waals surface area (Å²) in [5.74, 6) is 0.911. The minimum atomic E-state index is -0.353. The van der Waals surface area contributed by atoms with Gasteiger partial charge in [-0.2, -0.15) is 0 Å². The van der Waals surface area contributed by atoms with Crippen molar-refractivity contribution in [2.75, 3.05) is 6.54 Å². The number of carbonyl (C=O) groups excluding carboxylic acids is 1. The molecular formula is C12H24N2O. The van der Waals surface area contributed by atoms with Crippen LogP contribution in [0.4, 0.5) is 0 Å². The molecule has 0 aromatic heterocycles. The van der Waals surface area contributed by atoms with Crippen LogP contribution < -0.4 is 11.1 Å². The SMILES string of the molecule is CC(C)C(N)C(=O)NCC1CCCCC1. The van der Waals surface area contributed by atoms with E-state index in [4.69, 9.17) is 5.73 Å². The second kappa shape index (κ2) is 6.11. The Morgan fingerprint density at radius 1 is 1.33 bits per heavy atom. The van der Waals surface area contributed by atoms with Crippen molar-refractivity contribution in [3.63, 3.8) is 0 Å². The van der Waals surface area contributed by atoms with Crippen molar-refractivity contribution in [3.05, 3.63) is 0 Å². The summed E-state index contributed by atoms with van der Waals surface area (Å²) in [6.07, 6.45) is 6.51. The van der Waals surface area contributed by atoms with Gasteiger partial charge in [0.05, 0.1) is 6.04 Å². The molecule has 3 heteroatoms. The number of nitrogens with two attached hydrogens (primary N) is 1. The van der Waals surface area contributed by atoms with Crippen LogP contribution in [0.15, 0.2) is 0 Å². The van der Waals surface area contributed by atoms with Gasteiger partial charge < -0.3 is 11.1 Å². The van der Waals surface area contributed by atoms with E-state index in [-0.39, 0.29) is 17.9 Å². The molecule has 1 atom stereocenters. The highest BCUT2D eigenvalue weighted by Crippen LogP contribution is 2.22. The standard InChI is InChI=1S/C12H24N2O/c1-9(2)11(13)12(15)14-8-10-6-4-3-5-7-10/h9-11H,3-8,13H2,1-2H3,(H,14,15). The molecule has 1 fully saturated rings. The van der Waals surface area contributed by atoms with Gasteiger partial charge in [0.15, 0.2) is 0 Å². The molecule has 88 valence electrons. The van der Waals surface area contributed by atoms with Gasteiger partial charge in [-0.3, -0.25) is 4.79 Å². The zero-order chi connectivity index (χ0) is 11.3. The molecule has 0 saturated heterocycles. The van der Waals surface area contributed by atoms with E-state index >= 15 is 0 Å². The molecular weight excluding hydrogens is 188 g/mol. The monoisotopic (exact) mass is 212 g/mol. The van der Waals surface area contributed by atoms with Crippen molar-refractivity contribution in [1.29, 1.82) is 0 Å². The Morgan fingerprint density at radius 2 is 1.93 bits per heavy atom. The molecule has 15 heavy (non-hydrogen) atoms. The number of hydrogen-bond donors (Lipinski definition) is 2. The molecule has 0 bridgehead atoms. The summed E-state index contributed by atoms with van der Waals surface area (Å²) in [6, 6.07) is -0.353. The fourth-order valence-electron chi connectivity index (χ4n) is 2.06. The third-order valence-corrected chi connectivity index (χ3v) is 3.31. The van der Waals surface area contributed by atoms with Gasteiger partial charge in [-0.05, 0) is 24.7 Å². The largest absolute Gasteiger partial charge is 0.354 e. The van der Waals surface area contributed by atoms with Crippen LogP contribution in [-0.2, 0) is 4.79 Å². The Morgan fingerprint density at radius 3 is 2.47 bits per heavy atom. The molecule has 0 aromatic carbocycles. The van der Waals surface area contributed by atoms with E-state index in [1.807, 2.05) is 13.8 Å². The summed E-state index contributed by atoms with van der Waals surface area (Å²) in [5.41, 5.74) is 5.76. The fraction of sp³-hybridized carbons (Fsp3) is 0.917. The van der Waals surface area contributed by atoms with Crippen molar-refractivity contribution in [2.45, 2.75) is 52.0 Å². The minimum absolute atomic E-state index is 0.00979. The van der Waals surface area contributed by atoms with Crippen LogP contribution in [0.25, 0.3) is 0 Å². The van der Waals surface area contributed by atoms with E-state index in [2.05, 4.69) is 5.32 Å². The molecule has 3 N–H and O–H groups in total. The Balaban J connectivity index is 2.20. The summed E-state index contributed by atoms with van der Waals surface area (Å²) in [4.78, 5) is 11.6. The first-order valence-electron chi connectivity index (χ1n) is 6.14. The van der Waals surface area contributed by atoms with Gasteiger partial charge in [-0.15, -0.1) is 0 Å². The van der Waals surface area contributed by atoms with E-state index in [0.29, 0.717) is 5.92 Å². The molecule has 3 nitrogen and oxygen atoms in total. The third-order valence-electron chi connectivity index (χ3n) is 3.31. The third kappa shape index (κ3) is 4.20. The highest BCUT2D eigenvalue weighted by atomic mass is 16.2. The number of hydrogen-bond acceptors (Lipinski definition) is 2. The normalized spacial score (nSPS) is 20.3. The van der Waals surface area contributed by atoms with Gasteiger partial charge in [0.2, 0.25) is 5.91 Å². The van der Waals surface area contributed by atoms with Gasteiger partial charge in [-0.25, -0.2) is 0 Å². The lowest BCUT2D eigenvalue weighted by Crippen LogP contribution is -2.45. The average Bonchev–Trinajstić information content (AvgIpc) is 2.26. The van der Waals surface area contributed by atoms with Crippen LogP contribution >= 0.6 is 0 Å². The topological polar surface area (TPSA) is 55.1 Å². The van der Waals surface area contributed by atoms with Crippen molar-refractivity contribution in [2.24, 2.45) is 17.6 Å². The number of amides is 1. The molecule has 0 heterocycles. The van der Waals surface area contributed by atoms with Crippen molar-refractivity contribution in [1.82, 2.24) is 5.32 Å².